The van der Waals surface area contributed by atoms with Crippen LogP contribution in [-0.2, 0) is 0 Å². The van der Waals surface area contributed by atoms with Crippen molar-refractivity contribution < 1.29 is 28.2 Å². The van der Waals surface area contributed by atoms with E-state index >= 15 is 0 Å². The van der Waals surface area contributed by atoms with E-state index in [2.05, 4.69) is 24.7 Å². The van der Waals surface area contributed by atoms with Gasteiger partial charge in [0.1, 0.15) is 0 Å². The molecular weight excluding hydrogens is 426 g/mol. The van der Waals surface area contributed by atoms with Gasteiger partial charge in [-0.15, -0.1) is 8.78 Å². The summed E-state index contributed by atoms with van der Waals surface area (Å²) in [5.74, 6) is -0.883. The highest BCUT2D eigenvalue weighted by Gasteiger charge is 2.43. The Bertz CT molecular complexity index is 1270. The summed E-state index contributed by atoms with van der Waals surface area (Å²) >= 11 is 0. The molecule has 0 atom stereocenters. The van der Waals surface area contributed by atoms with Crippen molar-refractivity contribution >= 4 is 22.5 Å². The van der Waals surface area contributed by atoms with Crippen LogP contribution < -0.4 is 20.3 Å². The number of pyridine rings is 1. The number of halogens is 2. The minimum absolute atomic E-state index is 0.0624. The van der Waals surface area contributed by atoms with Crippen LogP contribution in [0.1, 0.15) is 23.2 Å². The summed E-state index contributed by atoms with van der Waals surface area (Å²) in [6.45, 7) is 2.56. The quantitative estimate of drug-likeness (QED) is 0.583. The predicted octanol–water partition coefficient (Wildman–Crippen LogP) is 1.36. The average Bonchev–Trinajstić information content (AvgIpc) is 3.06. The van der Waals surface area contributed by atoms with Gasteiger partial charge in [0, 0.05) is 38.4 Å². The lowest BCUT2D eigenvalue weighted by atomic mass is 10.1. The molecule has 0 radical (unpaired) electrons. The number of benzene rings is 1. The highest BCUT2D eigenvalue weighted by molar-refractivity contribution is 6.00. The topological polar surface area (TPSA) is 105 Å². The SMILES string of the molecule is O=C(NCCN1CCC(O)CC1)c1cccn2c(=O)c3cc4c(cc3nc12)OC(F)(F)O4. The van der Waals surface area contributed by atoms with Gasteiger partial charge >= 0.3 is 6.29 Å². The predicted molar refractivity (Wildman–Crippen MR) is 109 cm³/mol. The van der Waals surface area contributed by atoms with Gasteiger partial charge in [-0.25, -0.2) is 4.98 Å². The molecule has 2 aliphatic rings. The molecule has 2 aliphatic heterocycles. The van der Waals surface area contributed by atoms with Gasteiger partial charge in [-0.05, 0) is 31.0 Å². The summed E-state index contributed by atoms with van der Waals surface area (Å²) < 4.78 is 36.8. The van der Waals surface area contributed by atoms with E-state index in [0.29, 0.717) is 25.9 Å². The average molecular weight is 446 g/mol. The fraction of sp³-hybridized carbons (Fsp3) is 0.381. The standard InChI is InChI=1S/C21H20F2N4O5/c22-21(23)31-16-10-14-15(11-17(16)32-21)25-18-13(2-1-6-27(18)20(14)30)19(29)24-5-9-26-7-3-12(28)4-8-26/h1-2,6,10-12,28H,3-5,7-9H2,(H,24,29). The maximum Gasteiger partial charge on any atom is 0.586 e. The molecule has 1 amide bonds. The number of piperidine rings is 1. The van der Waals surface area contributed by atoms with Crippen LogP contribution in [0.2, 0.25) is 0 Å². The van der Waals surface area contributed by atoms with Crippen LogP contribution in [-0.4, -0.2) is 63.9 Å². The first-order chi connectivity index (χ1) is 15.3. The number of carbonyl (C=O) groups excluding carboxylic acids is 1. The van der Waals surface area contributed by atoms with Crippen molar-refractivity contribution in [3.05, 3.63) is 46.4 Å². The van der Waals surface area contributed by atoms with E-state index in [1.54, 1.807) is 12.1 Å². The maximum absolute atomic E-state index is 13.4. The normalized spacial score (nSPS) is 18.3. The van der Waals surface area contributed by atoms with E-state index in [4.69, 9.17) is 0 Å². The third-order valence-corrected chi connectivity index (χ3v) is 5.68. The Kier molecular flexibility index (Phi) is 4.94. The summed E-state index contributed by atoms with van der Waals surface area (Å²) in [5.41, 5.74) is -0.118. The summed E-state index contributed by atoms with van der Waals surface area (Å²) in [5, 5.41) is 12.5. The highest BCUT2D eigenvalue weighted by atomic mass is 19.3. The van der Waals surface area contributed by atoms with Crippen LogP contribution in [0.25, 0.3) is 16.6 Å². The Labute approximate surface area is 180 Å². The summed E-state index contributed by atoms with van der Waals surface area (Å²) in [7, 11) is 0. The molecule has 0 bridgehead atoms. The lowest BCUT2D eigenvalue weighted by Gasteiger charge is -2.29. The van der Waals surface area contributed by atoms with Crippen molar-refractivity contribution in [1.29, 1.82) is 0 Å². The number of fused-ring (bicyclic) bond motifs is 3. The van der Waals surface area contributed by atoms with Gasteiger partial charge < -0.3 is 24.8 Å². The number of ether oxygens (including phenoxy) is 2. The van der Waals surface area contributed by atoms with Crippen LogP contribution >= 0.6 is 0 Å². The summed E-state index contributed by atoms with van der Waals surface area (Å²) in [6, 6.07) is 5.45. The smallest absolute Gasteiger partial charge is 0.395 e. The van der Waals surface area contributed by atoms with Crippen molar-refractivity contribution in [1.82, 2.24) is 19.6 Å². The van der Waals surface area contributed by atoms with Gasteiger partial charge in [0.05, 0.1) is 22.6 Å². The lowest BCUT2D eigenvalue weighted by Crippen LogP contribution is -2.40. The Balaban J connectivity index is 1.42. The molecule has 1 fully saturated rings. The van der Waals surface area contributed by atoms with Crippen molar-refractivity contribution in [2.45, 2.75) is 25.2 Å². The van der Waals surface area contributed by atoms with Gasteiger partial charge in [0.15, 0.2) is 17.1 Å². The van der Waals surface area contributed by atoms with Crippen LogP contribution in [0.3, 0.4) is 0 Å². The molecule has 2 aromatic heterocycles. The van der Waals surface area contributed by atoms with E-state index in [0.717, 1.165) is 19.2 Å². The van der Waals surface area contributed by atoms with Crippen molar-refractivity contribution in [2.75, 3.05) is 26.2 Å². The monoisotopic (exact) mass is 446 g/mol. The van der Waals surface area contributed by atoms with Crippen LogP contribution in [0, 0.1) is 0 Å². The number of aliphatic hydroxyl groups is 1. The second kappa shape index (κ2) is 7.68. The number of rotatable bonds is 4. The third kappa shape index (κ3) is 3.73. The molecule has 1 aromatic carbocycles. The first-order valence-corrected chi connectivity index (χ1v) is 10.2. The molecule has 0 spiro atoms. The maximum atomic E-state index is 13.4. The molecule has 0 saturated carbocycles. The van der Waals surface area contributed by atoms with E-state index in [-0.39, 0.29) is 39.7 Å². The van der Waals surface area contributed by atoms with Crippen LogP contribution in [0.15, 0.2) is 35.3 Å². The van der Waals surface area contributed by atoms with E-state index in [9.17, 15) is 23.5 Å². The van der Waals surface area contributed by atoms with Crippen LogP contribution in [0.5, 0.6) is 11.5 Å². The highest BCUT2D eigenvalue weighted by Crippen LogP contribution is 2.42. The van der Waals surface area contributed by atoms with Gasteiger partial charge in [-0.1, -0.05) is 0 Å². The lowest BCUT2D eigenvalue weighted by molar-refractivity contribution is -0.286. The van der Waals surface area contributed by atoms with Crippen molar-refractivity contribution in [3.8, 4) is 11.5 Å². The zero-order valence-electron chi connectivity index (χ0n) is 16.9. The molecular formula is C21H20F2N4O5. The number of carbonyl (C=O) groups is 1. The molecule has 0 aliphatic carbocycles. The van der Waals surface area contributed by atoms with E-state index in [1.807, 2.05) is 0 Å². The zero-order valence-corrected chi connectivity index (χ0v) is 16.9. The van der Waals surface area contributed by atoms with Gasteiger partial charge in [0.25, 0.3) is 11.5 Å². The van der Waals surface area contributed by atoms with E-state index in [1.165, 1.54) is 16.7 Å². The summed E-state index contributed by atoms with van der Waals surface area (Å²) in [6.07, 6.45) is -1.20. The molecule has 3 aromatic rings. The molecule has 1 saturated heterocycles. The first kappa shape index (κ1) is 20.6. The fourth-order valence-electron chi connectivity index (χ4n) is 4.01. The number of hydrogen-bond donors (Lipinski definition) is 2. The number of aromatic nitrogens is 2. The molecule has 32 heavy (non-hydrogen) atoms. The number of likely N-dealkylation sites (tertiary alicyclic amines) is 1. The Hall–Kier alpha value is -3.31. The molecule has 11 heteroatoms. The Morgan fingerprint density at radius 3 is 2.72 bits per heavy atom. The number of nitrogens with one attached hydrogen (secondary N) is 1. The molecule has 9 nitrogen and oxygen atoms in total. The number of alkyl halides is 2. The molecule has 2 N–H and O–H groups in total. The largest absolute Gasteiger partial charge is 0.586 e. The van der Waals surface area contributed by atoms with Gasteiger partial charge in [0.2, 0.25) is 0 Å². The van der Waals surface area contributed by atoms with Crippen molar-refractivity contribution in [2.24, 2.45) is 0 Å². The first-order valence-electron chi connectivity index (χ1n) is 10.2. The number of aliphatic hydroxyl groups excluding tert-OH is 1. The second-order valence-corrected chi connectivity index (χ2v) is 7.84. The minimum Gasteiger partial charge on any atom is -0.395 e. The van der Waals surface area contributed by atoms with Gasteiger partial charge in [-0.2, -0.15) is 0 Å². The summed E-state index contributed by atoms with van der Waals surface area (Å²) in [4.78, 5) is 32.3. The number of hydrogen-bond acceptors (Lipinski definition) is 7. The minimum atomic E-state index is -3.81. The third-order valence-electron chi connectivity index (χ3n) is 5.68. The molecule has 5 rings (SSSR count). The van der Waals surface area contributed by atoms with Crippen LogP contribution in [0.4, 0.5) is 8.78 Å². The molecule has 4 heterocycles. The zero-order chi connectivity index (χ0) is 22.5. The number of amides is 1. The Morgan fingerprint density at radius 1 is 1.25 bits per heavy atom. The molecule has 168 valence electrons. The van der Waals surface area contributed by atoms with Crippen molar-refractivity contribution in [3.63, 3.8) is 0 Å². The molecule has 0 unspecified atom stereocenters. The fourth-order valence-corrected chi connectivity index (χ4v) is 4.01. The number of nitrogens with zero attached hydrogens (tertiary/aromatic N) is 3. The second-order valence-electron chi connectivity index (χ2n) is 7.84. The van der Waals surface area contributed by atoms with Gasteiger partial charge in [-0.3, -0.25) is 14.0 Å². The Morgan fingerprint density at radius 2 is 1.97 bits per heavy atom. The van der Waals surface area contributed by atoms with E-state index < -0.39 is 17.8 Å².